The van der Waals surface area contributed by atoms with Gasteiger partial charge < -0.3 is 9.67 Å². The summed E-state index contributed by atoms with van der Waals surface area (Å²) >= 11 is 1.29. The molecule has 0 aliphatic rings. The second-order valence-corrected chi connectivity index (χ2v) is 4.90. The largest absolute Gasteiger partial charge is 0.396 e. The molecule has 1 aromatic carbocycles. The molecule has 2 aromatic rings. The van der Waals surface area contributed by atoms with Crippen molar-refractivity contribution in [2.24, 2.45) is 7.05 Å². The summed E-state index contributed by atoms with van der Waals surface area (Å²) in [6, 6.07) is 6.14. The average Bonchev–Trinajstić information content (AvgIpc) is 2.55. The van der Waals surface area contributed by atoms with Crippen molar-refractivity contribution >= 4 is 21.6 Å². The summed E-state index contributed by atoms with van der Waals surface area (Å²) in [6.45, 7) is 0.251. The van der Waals surface area contributed by atoms with E-state index in [4.69, 9.17) is 5.11 Å². The predicted molar refractivity (Wildman–Crippen MR) is 67.1 cm³/mol. The van der Waals surface area contributed by atoms with Crippen LogP contribution in [0.15, 0.2) is 23.0 Å². The third kappa shape index (κ3) is 2.18. The van der Waals surface area contributed by atoms with Crippen molar-refractivity contribution in [3.8, 4) is 0 Å². The summed E-state index contributed by atoms with van der Waals surface area (Å²) in [5.74, 6) is 0. The van der Waals surface area contributed by atoms with Crippen LogP contribution in [0, 0.1) is 0 Å². The van der Waals surface area contributed by atoms with Crippen LogP contribution >= 0.6 is 11.3 Å². The van der Waals surface area contributed by atoms with E-state index in [9.17, 15) is 4.79 Å². The Morgan fingerprint density at radius 3 is 2.94 bits per heavy atom. The Morgan fingerprint density at radius 2 is 2.19 bits per heavy atom. The van der Waals surface area contributed by atoms with Crippen LogP contribution in [0.2, 0.25) is 0 Å². The number of rotatable bonds is 4. The molecule has 86 valence electrons. The van der Waals surface area contributed by atoms with E-state index < -0.39 is 0 Å². The summed E-state index contributed by atoms with van der Waals surface area (Å²) in [5, 5.41) is 8.71. The van der Waals surface area contributed by atoms with Crippen LogP contribution in [-0.2, 0) is 13.5 Å². The molecule has 3 nitrogen and oxygen atoms in total. The molecule has 0 aliphatic heterocycles. The molecule has 4 heteroatoms. The van der Waals surface area contributed by atoms with Crippen LogP contribution in [0.5, 0.6) is 0 Å². The van der Waals surface area contributed by atoms with Gasteiger partial charge in [0, 0.05) is 13.7 Å². The highest BCUT2D eigenvalue weighted by Gasteiger charge is 2.04. The predicted octanol–water partition coefficient (Wildman–Crippen LogP) is 1.91. The van der Waals surface area contributed by atoms with Gasteiger partial charge in [-0.1, -0.05) is 17.4 Å². The van der Waals surface area contributed by atoms with Crippen molar-refractivity contribution < 1.29 is 5.11 Å². The molecule has 0 radical (unpaired) electrons. The van der Waals surface area contributed by atoms with Gasteiger partial charge in [0.15, 0.2) is 0 Å². The summed E-state index contributed by atoms with van der Waals surface area (Å²) < 4.78 is 2.73. The number of aromatic nitrogens is 1. The Balaban J connectivity index is 2.27. The van der Waals surface area contributed by atoms with Crippen molar-refractivity contribution in [3.05, 3.63) is 33.4 Å². The number of aryl methyl sites for hydroxylation is 2. The van der Waals surface area contributed by atoms with E-state index in [1.54, 1.807) is 11.6 Å². The lowest BCUT2D eigenvalue weighted by atomic mass is 10.1. The van der Waals surface area contributed by atoms with E-state index in [-0.39, 0.29) is 11.5 Å². The molecule has 2 rings (SSSR count). The molecular weight excluding hydrogens is 222 g/mol. The van der Waals surface area contributed by atoms with Gasteiger partial charge in [-0.15, -0.1) is 0 Å². The van der Waals surface area contributed by atoms with Gasteiger partial charge >= 0.3 is 4.87 Å². The molecule has 1 aromatic heterocycles. The van der Waals surface area contributed by atoms with Crippen LogP contribution in [0.1, 0.15) is 18.4 Å². The first-order valence-corrected chi connectivity index (χ1v) is 6.23. The second kappa shape index (κ2) is 4.80. The number of hydrogen-bond acceptors (Lipinski definition) is 3. The van der Waals surface area contributed by atoms with E-state index >= 15 is 0 Å². The number of aliphatic hydroxyl groups is 1. The number of hydrogen-bond donors (Lipinski definition) is 1. The van der Waals surface area contributed by atoms with Gasteiger partial charge in [0.2, 0.25) is 0 Å². The Morgan fingerprint density at radius 1 is 1.38 bits per heavy atom. The first-order chi connectivity index (χ1) is 7.72. The first kappa shape index (κ1) is 11.4. The molecule has 0 spiro atoms. The van der Waals surface area contributed by atoms with Crippen molar-refractivity contribution in [2.75, 3.05) is 6.61 Å². The van der Waals surface area contributed by atoms with Gasteiger partial charge in [0.25, 0.3) is 0 Å². The monoisotopic (exact) mass is 237 g/mol. The van der Waals surface area contributed by atoms with Gasteiger partial charge in [-0.3, -0.25) is 4.79 Å². The molecule has 0 saturated carbocycles. The van der Waals surface area contributed by atoms with Gasteiger partial charge in [0.05, 0.1) is 10.2 Å². The minimum Gasteiger partial charge on any atom is -0.396 e. The molecule has 16 heavy (non-hydrogen) atoms. The van der Waals surface area contributed by atoms with E-state index in [0.717, 1.165) is 29.5 Å². The maximum atomic E-state index is 11.5. The summed E-state index contributed by atoms with van der Waals surface area (Å²) in [7, 11) is 1.80. The van der Waals surface area contributed by atoms with Crippen LogP contribution in [0.4, 0.5) is 0 Å². The topological polar surface area (TPSA) is 42.2 Å². The van der Waals surface area contributed by atoms with Crippen LogP contribution < -0.4 is 4.87 Å². The first-order valence-electron chi connectivity index (χ1n) is 5.41. The second-order valence-electron chi connectivity index (χ2n) is 3.91. The highest BCUT2D eigenvalue weighted by atomic mass is 32.1. The number of benzene rings is 1. The maximum absolute atomic E-state index is 11.5. The number of unbranched alkanes of at least 4 members (excludes halogenated alkanes) is 1. The molecule has 0 fully saturated rings. The minimum absolute atomic E-state index is 0.0857. The molecule has 0 unspecified atom stereocenters. The van der Waals surface area contributed by atoms with Crippen molar-refractivity contribution in [1.29, 1.82) is 0 Å². The molecule has 1 heterocycles. The maximum Gasteiger partial charge on any atom is 0.307 e. The Hall–Kier alpha value is -1.13. The van der Waals surface area contributed by atoms with Gasteiger partial charge in [-0.05, 0) is 37.0 Å². The summed E-state index contributed by atoms with van der Waals surface area (Å²) in [5.41, 5.74) is 2.24. The zero-order chi connectivity index (χ0) is 11.5. The number of nitrogens with zero attached hydrogens (tertiary/aromatic N) is 1. The SMILES string of the molecule is Cn1c(=O)sc2cc(CCCCO)ccc21. The Bertz CT molecular complexity index is 541. The molecule has 0 aliphatic carbocycles. The smallest absolute Gasteiger partial charge is 0.307 e. The minimum atomic E-state index is 0.0857. The van der Waals surface area contributed by atoms with Crippen LogP contribution in [0.25, 0.3) is 10.2 Å². The molecule has 0 bridgehead atoms. The zero-order valence-corrected chi connectivity index (χ0v) is 10.1. The molecular formula is C12H15NO2S. The molecule has 1 N–H and O–H groups in total. The fourth-order valence-electron chi connectivity index (χ4n) is 1.77. The lowest BCUT2D eigenvalue weighted by Gasteiger charge is -2.01. The van der Waals surface area contributed by atoms with Crippen LogP contribution in [0.3, 0.4) is 0 Å². The van der Waals surface area contributed by atoms with Crippen molar-refractivity contribution in [2.45, 2.75) is 19.3 Å². The summed E-state index contributed by atoms with van der Waals surface area (Å²) in [6.07, 6.45) is 2.79. The van der Waals surface area contributed by atoms with Crippen molar-refractivity contribution in [1.82, 2.24) is 4.57 Å². The quantitative estimate of drug-likeness (QED) is 0.825. The molecule has 0 saturated heterocycles. The van der Waals surface area contributed by atoms with E-state index in [2.05, 4.69) is 12.1 Å². The lowest BCUT2D eigenvalue weighted by molar-refractivity contribution is 0.284. The van der Waals surface area contributed by atoms with Crippen molar-refractivity contribution in [3.63, 3.8) is 0 Å². The number of aliphatic hydroxyl groups excluding tert-OH is 1. The normalized spacial score (nSPS) is 11.1. The van der Waals surface area contributed by atoms with E-state index in [1.807, 2.05) is 6.07 Å². The fourth-order valence-corrected chi connectivity index (χ4v) is 2.72. The van der Waals surface area contributed by atoms with E-state index in [1.165, 1.54) is 16.9 Å². The number of fused-ring (bicyclic) bond motifs is 1. The Kier molecular flexibility index (Phi) is 3.41. The van der Waals surface area contributed by atoms with Gasteiger partial charge in [0.1, 0.15) is 0 Å². The molecule has 0 amide bonds. The van der Waals surface area contributed by atoms with Crippen LogP contribution in [-0.4, -0.2) is 16.3 Å². The van der Waals surface area contributed by atoms with Gasteiger partial charge in [-0.25, -0.2) is 0 Å². The third-order valence-electron chi connectivity index (χ3n) is 2.73. The lowest BCUT2D eigenvalue weighted by Crippen LogP contribution is -2.06. The standard InChI is InChI=1S/C12H15NO2S/c1-13-10-6-5-9(4-2-3-7-14)8-11(10)16-12(13)15/h5-6,8,14H,2-4,7H2,1H3. The number of thiazole rings is 1. The highest BCUT2D eigenvalue weighted by molar-refractivity contribution is 7.16. The zero-order valence-electron chi connectivity index (χ0n) is 9.27. The van der Waals surface area contributed by atoms with E-state index in [0.29, 0.717) is 0 Å². The summed E-state index contributed by atoms with van der Waals surface area (Å²) in [4.78, 5) is 11.5. The fraction of sp³-hybridized carbons (Fsp3) is 0.417. The average molecular weight is 237 g/mol. The van der Waals surface area contributed by atoms with Gasteiger partial charge in [-0.2, -0.15) is 0 Å². The highest BCUT2D eigenvalue weighted by Crippen LogP contribution is 2.19. The third-order valence-corrected chi connectivity index (χ3v) is 3.73. The molecule has 0 atom stereocenters. The Labute approximate surface area is 98.0 Å².